The van der Waals surface area contributed by atoms with E-state index in [2.05, 4.69) is 23.7 Å². The van der Waals surface area contributed by atoms with Crippen molar-refractivity contribution in [3.63, 3.8) is 0 Å². The van der Waals surface area contributed by atoms with Crippen molar-refractivity contribution in [2.75, 3.05) is 11.4 Å². The first-order chi connectivity index (χ1) is 8.61. The molecule has 1 saturated heterocycles. The fraction of sp³-hybridized carbons (Fsp3) is 0.600. The van der Waals surface area contributed by atoms with E-state index in [1.165, 1.54) is 12.8 Å². The van der Waals surface area contributed by atoms with E-state index in [0.717, 1.165) is 18.2 Å². The smallest absolute Gasteiger partial charge is 0.180 e. The zero-order chi connectivity index (χ0) is 13.1. The Bertz CT molecular complexity index is 413. The van der Waals surface area contributed by atoms with Crippen molar-refractivity contribution in [3.8, 4) is 0 Å². The second kappa shape index (κ2) is 5.51. The molecule has 0 amide bonds. The molecule has 1 aromatic heterocycles. The molecule has 0 bridgehead atoms. The van der Waals surface area contributed by atoms with Crippen molar-refractivity contribution in [1.29, 1.82) is 0 Å². The Morgan fingerprint density at radius 3 is 2.78 bits per heavy atom. The van der Waals surface area contributed by atoms with Gasteiger partial charge in [-0.15, -0.1) is 0 Å². The van der Waals surface area contributed by atoms with E-state index in [4.69, 9.17) is 0 Å². The minimum absolute atomic E-state index is 0.113. The molecule has 1 fully saturated rings. The highest BCUT2D eigenvalue weighted by molar-refractivity contribution is 5.94. The van der Waals surface area contributed by atoms with Gasteiger partial charge in [-0.1, -0.05) is 13.8 Å². The van der Waals surface area contributed by atoms with Gasteiger partial charge < -0.3 is 4.90 Å². The highest BCUT2D eigenvalue weighted by Gasteiger charge is 2.23. The second-order valence-corrected chi connectivity index (χ2v) is 5.36. The molecule has 0 aromatic carbocycles. The lowest BCUT2D eigenvalue weighted by atomic mass is 9.94. The third-order valence-corrected chi connectivity index (χ3v) is 3.80. The quantitative estimate of drug-likeness (QED) is 0.767. The Hall–Kier alpha value is -1.38. The van der Waals surface area contributed by atoms with Gasteiger partial charge in [-0.2, -0.15) is 0 Å². The third-order valence-electron chi connectivity index (χ3n) is 3.80. The number of rotatable bonds is 3. The molecule has 2 rings (SSSR count). The number of pyridine rings is 1. The van der Waals surface area contributed by atoms with Crippen LogP contribution < -0.4 is 4.90 Å². The molecule has 2 heterocycles. The Morgan fingerprint density at radius 1 is 1.39 bits per heavy atom. The maximum atomic E-state index is 11.5. The lowest BCUT2D eigenvalue weighted by Crippen LogP contribution is -2.41. The first-order valence-corrected chi connectivity index (χ1v) is 6.87. The van der Waals surface area contributed by atoms with E-state index < -0.39 is 0 Å². The summed E-state index contributed by atoms with van der Waals surface area (Å²) in [5.74, 6) is 0.847. The zero-order valence-electron chi connectivity index (χ0n) is 11.5. The second-order valence-electron chi connectivity index (χ2n) is 5.36. The molecule has 18 heavy (non-hydrogen) atoms. The van der Waals surface area contributed by atoms with Gasteiger partial charge in [0, 0.05) is 19.0 Å². The number of carbonyl (C=O) groups is 1. The molecule has 0 spiro atoms. The average molecular weight is 246 g/mol. The van der Waals surface area contributed by atoms with Gasteiger partial charge in [0.1, 0.15) is 5.69 Å². The van der Waals surface area contributed by atoms with E-state index in [1.807, 2.05) is 25.3 Å². The molecule has 2 atom stereocenters. The van der Waals surface area contributed by atoms with Crippen LogP contribution in [0.2, 0.25) is 0 Å². The SMILES string of the molecule is CCC(=O)c1ccc(N2CC(C)CCC2C)cn1. The van der Waals surface area contributed by atoms with Crippen LogP contribution in [-0.2, 0) is 0 Å². The molecular formula is C15H22N2O. The molecule has 1 aromatic rings. The predicted molar refractivity (Wildman–Crippen MR) is 74.1 cm³/mol. The summed E-state index contributed by atoms with van der Waals surface area (Å²) in [5.41, 5.74) is 1.72. The van der Waals surface area contributed by atoms with E-state index in [1.54, 1.807) is 0 Å². The van der Waals surface area contributed by atoms with E-state index in [0.29, 0.717) is 18.2 Å². The Balaban J connectivity index is 2.15. The summed E-state index contributed by atoms with van der Waals surface area (Å²) in [5, 5.41) is 0. The van der Waals surface area contributed by atoms with Crippen LogP contribution in [0.25, 0.3) is 0 Å². The number of hydrogen-bond donors (Lipinski definition) is 0. The third kappa shape index (κ3) is 2.71. The lowest BCUT2D eigenvalue weighted by Gasteiger charge is -2.38. The van der Waals surface area contributed by atoms with Crippen LogP contribution in [0.4, 0.5) is 5.69 Å². The Labute approximate surface area is 109 Å². The first-order valence-electron chi connectivity index (χ1n) is 6.87. The maximum Gasteiger partial charge on any atom is 0.180 e. The van der Waals surface area contributed by atoms with Gasteiger partial charge in [0.05, 0.1) is 11.9 Å². The molecule has 0 aliphatic carbocycles. The molecule has 3 nitrogen and oxygen atoms in total. The average Bonchev–Trinajstić information content (AvgIpc) is 2.41. The van der Waals surface area contributed by atoms with Crippen molar-refractivity contribution < 1.29 is 4.79 Å². The lowest BCUT2D eigenvalue weighted by molar-refractivity contribution is 0.0983. The first kappa shape index (κ1) is 13.1. The van der Waals surface area contributed by atoms with Crippen molar-refractivity contribution in [2.45, 2.75) is 46.1 Å². The number of hydrogen-bond acceptors (Lipinski definition) is 3. The van der Waals surface area contributed by atoms with Crippen LogP contribution >= 0.6 is 0 Å². The van der Waals surface area contributed by atoms with E-state index in [9.17, 15) is 4.79 Å². The van der Waals surface area contributed by atoms with Gasteiger partial charge in [0.2, 0.25) is 0 Å². The minimum Gasteiger partial charge on any atom is -0.367 e. The van der Waals surface area contributed by atoms with Crippen LogP contribution in [0.1, 0.15) is 50.5 Å². The normalized spacial score (nSPS) is 24.1. The summed E-state index contributed by atoms with van der Waals surface area (Å²) in [6, 6.07) is 4.45. The summed E-state index contributed by atoms with van der Waals surface area (Å²) >= 11 is 0. The fourth-order valence-corrected chi connectivity index (χ4v) is 2.55. The molecule has 98 valence electrons. The largest absolute Gasteiger partial charge is 0.367 e. The van der Waals surface area contributed by atoms with Gasteiger partial charge in [-0.25, -0.2) is 0 Å². The van der Waals surface area contributed by atoms with Crippen LogP contribution in [0.15, 0.2) is 18.3 Å². The fourth-order valence-electron chi connectivity index (χ4n) is 2.55. The van der Waals surface area contributed by atoms with Crippen LogP contribution in [0.5, 0.6) is 0 Å². The van der Waals surface area contributed by atoms with Gasteiger partial charge in [0.15, 0.2) is 5.78 Å². The molecule has 2 unspecified atom stereocenters. The summed E-state index contributed by atoms with van der Waals surface area (Å²) < 4.78 is 0. The number of carbonyl (C=O) groups excluding carboxylic acids is 1. The number of Topliss-reactive ketones (excluding diaryl/α,β-unsaturated/α-hetero) is 1. The van der Waals surface area contributed by atoms with Crippen molar-refractivity contribution in [3.05, 3.63) is 24.0 Å². The van der Waals surface area contributed by atoms with E-state index >= 15 is 0 Å². The Morgan fingerprint density at radius 2 is 2.17 bits per heavy atom. The molecule has 0 saturated carbocycles. The number of piperidine rings is 1. The highest BCUT2D eigenvalue weighted by Crippen LogP contribution is 2.26. The van der Waals surface area contributed by atoms with Gasteiger partial charge in [-0.05, 0) is 37.8 Å². The standard InChI is InChI=1S/C15H22N2O/c1-4-15(18)14-8-7-13(9-16-14)17-10-11(2)5-6-12(17)3/h7-9,11-12H,4-6,10H2,1-3H3. The van der Waals surface area contributed by atoms with Gasteiger partial charge >= 0.3 is 0 Å². The molecule has 0 radical (unpaired) electrons. The van der Waals surface area contributed by atoms with Crippen LogP contribution in [0, 0.1) is 5.92 Å². The number of aromatic nitrogens is 1. The number of nitrogens with zero attached hydrogens (tertiary/aromatic N) is 2. The highest BCUT2D eigenvalue weighted by atomic mass is 16.1. The van der Waals surface area contributed by atoms with Crippen molar-refractivity contribution >= 4 is 11.5 Å². The van der Waals surface area contributed by atoms with Crippen LogP contribution in [0.3, 0.4) is 0 Å². The molecule has 0 N–H and O–H groups in total. The molecule has 3 heteroatoms. The zero-order valence-corrected chi connectivity index (χ0v) is 11.5. The monoisotopic (exact) mass is 246 g/mol. The van der Waals surface area contributed by atoms with Crippen molar-refractivity contribution in [1.82, 2.24) is 4.98 Å². The maximum absolute atomic E-state index is 11.5. The van der Waals surface area contributed by atoms with Gasteiger partial charge in [0.25, 0.3) is 0 Å². The Kier molecular flexibility index (Phi) is 4.00. The predicted octanol–water partition coefficient (Wildman–Crippen LogP) is 3.30. The van der Waals surface area contributed by atoms with Crippen LogP contribution in [-0.4, -0.2) is 23.4 Å². The summed E-state index contributed by atoms with van der Waals surface area (Å²) in [6.45, 7) is 7.51. The number of ketones is 1. The molecule has 1 aliphatic rings. The van der Waals surface area contributed by atoms with E-state index in [-0.39, 0.29) is 5.78 Å². The summed E-state index contributed by atoms with van der Waals surface area (Å²) in [7, 11) is 0. The van der Waals surface area contributed by atoms with Gasteiger partial charge in [-0.3, -0.25) is 9.78 Å². The minimum atomic E-state index is 0.113. The summed E-state index contributed by atoms with van der Waals surface area (Å²) in [4.78, 5) is 18.2. The summed E-state index contributed by atoms with van der Waals surface area (Å²) in [6.07, 6.45) is 4.90. The molecule has 1 aliphatic heterocycles. The number of anilines is 1. The van der Waals surface area contributed by atoms with Crippen molar-refractivity contribution in [2.24, 2.45) is 5.92 Å². The molecular weight excluding hydrogens is 224 g/mol. The topological polar surface area (TPSA) is 33.2 Å².